The van der Waals surface area contributed by atoms with Crippen LogP contribution >= 0.6 is 11.3 Å². The van der Waals surface area contributed by atoms with E-state index >= 15 is 0 Å². The molecule has 1 aliphatic carbocycles. The van der Waals surface area contributed by atoms with Crippen molar-refractivity contribution >= 4 is 26.5 Å². The first-order chi connectivity index (χ1) is 10.1. The van der Waals surface area contributed by atoms with Crippen molar-refractivity contribution in [3.05, 3.63) is 47.5 Å². The fourth-order valence-electron chi connectivity index (χ4n) is 2.06. The molecule has 1 saturated carbocycles. The van der Waals surface area contributed by atoms with Gasteiger partial charge >= 0.3 is 0 Å². The molecule has 7 heteroatoms. The van der Waals surface area contributed by atoms with Gasteiger partial charge in [0.15, 0.2) is 5.13 Å². The summed E-state index contributed by atoms with van der Waals surface area (Å²) in [4.78, 5) is 3.96. The molecule has 1 heterocycles. The number of hydrogen-bond donors (Lipinski definition) is 1. The van der Waals surface area contributed by atoms with Gasteiger partial charge in [-0.15, -0.1) is 11.3 Å². The number of nitrogens with one attached hydrogen (secondary N) is 1. The fourth-order valence-corrected chi connectivity index (χ4v) is 4.33. The summed E-state index contributed by atoms with van der Waals surface area (Å²) in [6, 6.07) is 9.73. The van der Waals surface area contributed by atoms with Crippen molar-refractivity contribution < 1.29 is 13.2 Å². The monoisotopic (exact) mass is 324 g/mol. The number of benzene rings is 1. The van der Waals surface area contributed by atoms with Crippen molar-refractivity contribution in [3.8, 4) is 0 Å². The summed E-state index contributed by atoms with van der Waals surface area (Å²) in [5.41, 5.74) is 1.04. The fraction of sp³-hybridized carbons (Fsp3) is 0.357. The van der Waals surface area contributed by atoms with Gasteiger partial charge in [-0.05, 0) is 18.4 Å². The highest BCUT2D eigenvalue weighted by atomic mass is 32.2. The lowest BCUT2D eigenvalue weighted by Crippen LogP contribution is -2.34. The lowest BCUT2D eigenvalue weighted by Gasteiger charge is -2.16. The van der Waals surface area contributed by atoms with Crippen LogP contribution in [0.5, 0.6) is 0 Å². The Kier molecular flexibility index (Phi) is 3.97. The summed E-state index contributed by atoms with van der Waals surface area (Å²) in [5, 5.41) is 2.15. The third-order valence-electron chi connectivity index (χ3n) is 3.51. The average molecular weight is 324 g/mol. The molecule has 5 nitrogen and oxygen atoms in total. The van der Waals surface area contributed by atoms with Gasteiger partial charge < -0.3 is 4.74 Å². The van der Waals surface area contributed by atoms with E-state index in [1.807, 2.05) is 30.3 Å². The smallest absolute Gasteiger partial charge is 0.242 e. The summed E-state index contributed by atoms with van der Waals surface area (Å²) in [5.74, 6) is 0. The van der Waals surface area contributed by atoms with Crippen LogP contribution in [0, 0.1) is 0 Å². The summed E-state index contributed by atoms with van der Waals surface area (Å²) in [7, 11) is -3.45. The lowest BCUT2D eigenvalue weighted by atomic mass is 10.2. The second kappa shape index (κ2) is 5.75. The highest BCUT2D eigenvalue weighted by Gasteiger charge is 2.55. The molecule has 0 unspecified atom stereocenters. The van der Waals surface area contributed by atoms with Gasteiger partial charge in [-0.1, -0.05) is 30.3 Å². The molecule has 0 aliphatic heterocycles. The molecule has 0 spiro atoms. The van der Waals surface area contributed by atoms with Gasteiger partial charge in [-0.2, -0.15) is 0 Å². The lowest BCUT2D eigenvalue weighted by molar-refractivity contribution is 0.116. The van der Waals surface area contributed by atoms with E-state index in [9.17, 15) is 8.42 Å². The number of rotatable bonds is 7. The minimum absolute atomic E-state index is 0.211. The summed E-state index contributed by atoms with van der Waals surface area (Å²) in [6.07, 6.45) is 2.83. The second-order valence-corrected chi connectivity index (χ2v) is 8.08. The van der Waals surface area contributed by atoms with Crippen molar-refractivity contribution in [1.29, 1.82) is 0 Å². The van der Waals surface area contributed by atoms with Crippen LogP contribution in [0.1, 0.15) is 18.4 Å². The van der Waals surface area contributed by atoms with E-state index in [-0.39, 0.29) is 6.61 Å². The Balaban J connectivity index is 1.59. The molecule has 21 heavy (non-hydrogen) atoms. The molecule has 1 aromatic carbocycles. The predicted octanol–water partition coefficient (Wildman–Crippen LogP) is 2.63. The highest BCUT2D eigenvalue weighted by Crippen LogP contribution is 2.44. The average Bonchev–Trinajstić information content (AvgIpc) is 3.11. The zero-order chi connectivity index (χ0) is 14.8. The third-order valence-corrected chi connectivity index (χ3v) is 6.45. The Morgan fingerprint density at radius 2 is 2.05 bits per heavy atom. The molecule has 112 valence electrons. The van der Waals surface area contributed by atoms with Crippen LogP contribution in [-0.2, 0) is 21.4 Å². The van der Waals surface area contributed by atoms with E-state index in [1.165, 1.54) is 11.3 Å². The highest BCUT2D eigenvalue weighted by molar-refractivity contribution is 7.94. The quantitative estimate of drug-likeness (QED) is 0.850. The molecule has 1 aromatic heterocycles. The van der Waals surface area contributed by atoms with Crippen molar-refractivity contribution in [2.24, 2.45) is 0 Å². The number of sulfonamides is 1. The molecule has 1 N–H and O–H groups in total. The minimum atomic E-state index is -3.45. The molecule has 1 fully saturated rings. The van der Waals surface area contributed by atoms with Gasteiger partial charge in [-0.25, -0.2) is 13.4 Å². The van der Waals surface area contributed by atoms with Gasteiger partial charge in [0.2, 0.25) is 10.0 Å². The van der Waals surface area contributed by atoms with Gasteiger partial charge in [0.05, 0.1) is 13.2 Å². The first-order valence-corrected chi connectivity index (χ1v) is 9.01. The summed E-state index contributed by atoms with van der Waals surface area (Å²) < 4.78 is 32.2. The van der Waals surface area contributed by atoms with E-state index < -0.39 is 14.8 Å². The number of anilines is 1. The number of ether oxygens (including phenoxy) is 1. The zero-order valence-corrected chi connectivity index (χ0v) is 13.0. The molecule has 0 bridgehead atoms. The van der Waals surface area contributed by atoms with E-state index in [0.29, 0.717) is 24.6 Å². The Hall–Kier alpha value is -1.44. The number of hydrogen-bond acceptors (Lipinski definition) is 5. The first-order valence-electron chi connectivity index (χ1n) is 6.65. The maximum absolute atomic E-state index is 12.4. The largest absolute Gasteiger partial charge is 0.375 e. The standard InChI is InChI=1S/C14H16N2O3S2/c17-21(18,16-13-15-8-9-20-13)14(6-7-14)11-19-10-12-4-2-1-3-5-12/h1-5,8-9H,6-7,10-11H2,(H,15,16). The number of aromatic nitrogens is 1. The Morgan fingerprint density at radius 3 is 2.67 bits per heavy atom. The van der Waals surface area contributed by atoms with Crippen LogP contribution < -0.4 is 4.72 Å². The van der Waals surface area contributed by atoms with Crippen LogP contribution in [0.2, 0.25) is 0 Å². The van der Waals surface area contributed by atoms with Crippen molar-refractivity contribution in [2.45, 2.75) is 24.2 Å². The van der Waals surface area contributed by atoms with Crippen LogP contribution in [0.25, 0.3) is 0 Å². The molecule has 0 atom stereocenters. The maximum Gasteiger partial charge on any atom is 0.242 e. The van der Waals surface area contributed by atoms with Crippen molar-refractivity contribution in [3.63, 3.8) is 0 Å². The number of thiazole rings is 1. The topological polar surface area (TPSA) is 68.3 Å². The Labute approximate surface area is 128 Å². The van der Waals surface area contributed by atoms with Crippen LogP contribution in [0.4, 0.5) is 5.13 Å². The van der Waals surface area contributed by atoms with Crippen molar-refractivity contribution in [1.82, 2.24) is 4.98 Å². The van der Waals surface area contributed by atoms with Gasteiger partial charge in [-0.3, -0.25) is 4.72 Å². The minimum Gasteiger partial charge on any atom is -0.375 e. The molecule has 3 rings (SSSR count). The van der Waals surface area contributed by atoms with Crippen LogP contribution in [-0.4, -0.2) is 24.8 Å². The summed E-state index contributed by atoms with van der Waals surface area (Å²) >= 11 is 1.27. The van der Waals surface area contributed by atoms with Crippen LogP contribution in [0.15, 0.2) is 41.9 Å². The molecule has 0 saturated heterocycles. The normalized spacial score (nSPS) is 16.6. The zero-order valence-electron chi connectivity index (χ0n) is 11.4. The molecule has 1 aliphatic rings. The molecular weight excluding hydrogens is 308 g/mol. The van der Waals surface area contributed by atoms with E-state index in [2.05, 4.69) is 9.71 Å². The molecule has 0 radical (unpaired) electrons. The maximum atomic E-state index is 12.4. The summed E-state index contributed by atoms with van der Waals surface area (Å²) in [6.45, 7) is 0.637. The number of nitrogens with zero attached hydrogens (tertiary/aromatic N) is 1. The van der Waals surface area contributed by atoms with Crippen molar-refractivity contribution in [2.75, 3.05) is 11.3 Å². The Bertz CT molecular complexity index is 680. The predicted molar refractivity (Wildman–Crippen MR) is 82.7 cm³/mol. The Morgan fingerprint density at radius 1 is 1.29 bits per heavy atom. The van der Waals surface area contributed by atoms with E-state index in [0.717, 1.165) is 5.56 Å². The molecular formula is C14H16N2O3S2. The van der Waals surface area contributed by atoms with E-state index in [4.69, 9.17) is 4.74 Å². The van der Waals surface area contributed by atoms with Crippen LogP contribution in [0.3, 0.4) is 0 Å². The SMILES string of the molecule is O=S(=O)(Nc1nccs1)C1(COCc2ccccc2)CC1. The molecule has 0 amide bonds. The third kappa shape index (κ3) is 3.25. The van der Waals surface area contributed by atoms with Gasteiger partial charge in [0.1, 0.15) is 4.75 Å². The van der Waals surface area contributed by atoms with E-state index in [1.54, 1.807) is 11.6 Å². The van der Waals surface area contributed by atoms with Gasteiger partial charge in [0.25, 0.3) is 0 Å². The van der Waals surface area contributed by atoms with Gasteiger partial charge in [0, 0.05) is 11.6 Å². The first kappa shape index (κ1) is 14.5. The second-order valence-electron chi connectivity index (χ2n) is 5.10. The molecule has 2 aromatic rings.